The second-order valence-corrected chi connectivity index (χ2v) is 7.60. The van der Waals surface area contributed by atoms with Crippen LogP contribution in [0.25, 0.3) is 0 Å². The van der Waals surface area contributed by atoms with E-state index in [1.165, 1.54) is 0 Å². The van der Waals surface area contributed by atoms with Crippen molar-refractivity contribution in [2.24, 2.45) is 0 Å². The minimum absolute atomic E-state index is 0.327. The molecule has 5 nitrogen and oxygen atoms in total. The van der Waals surface area contributed by atoms with Crippen molar-refractivity contribution in [3.05, 3.63) is 100 Å². The number of amides is 2. The zero-order chi connectivity index (χ0) is 21.3. The first kappa shape index (κ1) is 21.6. The van der Waals surface area contributed by atoms with Crippen LogP contribution in [0, 0.1) is 0 Å². The Hall–Kier alpha value is -3.12. The van der Waals surface area contributed by atoms with E-state index in [1.807, 2.05) is 67.6 Å². The highest BCUT2D eigenvalue weighted by Crippen LogP contribution is 2.25. The second-order valence-electron chi connectivity index (χ2n) is 6.69. The van der Waals surface area contributed by atoms with Gasteiger partial charge in [0.2, 0.25) is 5.91 Å². The molecule has 0 atom stereocenters. The van der Waals surface area contributed by atoms with Gasteiger partial charge in [0.25, 0.3) is 5.91 Å². The molecule has 3 aromatic carbocycles. The highest BCUT2D eigenvalue weighted by Gasteiger charge is 2.23. The van der Waals surface area contributed by atoms with Gasteiger partial charge in [-0.25, -0.2) is 0 Å². The maximum atomic E-state index is 13.0. The summed E-state index contributed by atoms with van der Waals surface area (Å²) in [6.07, 6.45) is 0.823. The number of hydrazine groups is 1. The van der Waals surface area contributed by atoms with Crippen molar-refractivity contribution in [3.63, 3.8) is 0 Å². The lowest BCUT2D eigenvalue weighted by Crippen LogP contribution is -2.44. The molecule has 0 bridgehead atoms. The van der Waals surface area contributed by atoms with Gasteiger partial charge in [0, 0.05) is 4.47 Å². The highest BCUT2D eigenvalue weighted by atomic mass is 79.9. The summed E-state index contributed by atoms with van der Waals surface area (Å²) in [5.41, 5.74) is 7.11. The monoisotopic (exact) mass is 466 g/mol. The van der Waals surface area contributed by atoms with E-state index in [2.05, 4.69) is 26.8 Å². The van der Waals surface area contributed by atoms with Gasteiger partial charge >= 0.3 is 0 Å². The molecular weight excluding hydrogens is 444 g/mol. The van der Waals surface area contributed by atoms with Gasteiger partial charge in [-0.1, -0.05) is 83.5 Å². The Labute approximate surface area is 184 Å². The third-order valence-electron chi connectivity index (χ3n) is 4.48. The fraction of sp³-hybridized carbons (Fsp3) is 0.167. The number of nitrogens with one attached hydrogen (secondary N) is 2. The smallest absolute Gasteiger partial charge is 0.273 e. The highest BCUT2D eigenvalue weighted by molar-refractivity contribution is 9.10. The van der Waals surface area contributed by atoms with Crippen molar-refractivity contribution < 1.29 is 14.3 Å². The average molecular weight is 467 g/mol. The lowest BCUT2D eigenvalue weighted by Gasteiger charge is -2.18. The minimum atomic E-state index is -0.550. The van der Waals surface area contributed by atoms with Crippen molar-refractivity contribution in [1.29, 1.82) is 0 Å². The normalized spacial score (nSPS) is 10.5. The first-order valence-corrected chi connectivity index (χ1v) is 10.5. The molecule has 2 N–H and O–H groups in total. The molecule has 0 aliphatic heterocycles. The molecule has 0 unspecified atom stereocenters. The number of ether oxygens (including phenoxy) is 1. The van der Waals surface area contributed by atoms with E-state index < -0.39 is 11.8 Å². The summed E-state index contributed by atoms with van der Waals surface area (Å²) in [5, 5.41) is 0. The number of hydrogen-bond acceptors (Lipinski definition) is 3. The number of rotatable bonds is 7. The lowest BCUT2D eigenvalue weighted by molar-refractivity contribution is -0.122. The lowest BCUT2D eigenvalue weighted by atomic mass is 9.91. The number of carbonyl (C=O) groups is 2. The Morgan fingerprint density at radius 3 is 2.07 bits per heavy atom. The summed E-state index contributed by atoms with van der Waals surface area (Å²) >= 11 is 3.37. The van der Waals surface area contributed by atoms with Gasteiger partial charge in [0.1, 0.15) is 5.75 Å². The molecule has 0 saturated carbocycles. The molecule has 2 amide bonds. The second kappa shape index (κ2) is 10.6. The largest absolute Gasteiger partial charge is 0.493 e. The van der Waals surface area contributed by atoms with Crippen molar-refractivity contribution in [3.8, 4) is 5.75 Å². The first-order valence-electron chi connectivity index (χ1n) is 9.72. The third-order valence-corrected chi connectivity index (χ3v) is 4.97. The van der Waals surface area contributed by atoms with E-state index in [-0.39, 0.29) is 5.91 Å². The van der Waals surface area contributed by atoms with Crippen LogP contribution in [0.4, 0.5) is 0 Å². The van der Waals surface area contributed by atoms with Crippen LogP contribution in [0.1, 0.15) is 40.7 Å². The van der Waals surface area contributed by atoms with Gasteiger partial charge in [0.15, 0.2) is 0 Å². The summed E-state index contributed by atoms with van der Waals surface area (Å²) in [4.78, 5) is 25.8. The third kappa shape index (κ3) is 5.48. The summed E-state index contributed by atoms with van der Waals surface area (Å²) in [5.74, 6) is -0.858. The Morgan fingerprint density at radius 1 is 0.900 bits per heavy atom. The van der Waals surface area contributed by atoms with E-state index >= 15 is 0 Å². The molecule has 3 aromatic rings. The molecule has 0 saturated heterocycles. The van der Waals surface area contributed by atoms with Gasteiger partial charge < -0.3 is 4.74 Å². The van der Waals surface area contributed by atoms with Crippen molar-refractivity contribution in [2.45, 2.75) is 19.3 Å². The van der Waals surface area contributed by atoms with Crippen LogP contribution in [-0.2, 0) is 4.79 Å². The molecule has 3 rings (SSSR count). The van der Waals surface area contributed by atoms with Gasteiger partial charge in [-0.15, -0.1) is 0 Å². The summed E-state index contributed by atoms with van der Waals surface area (Å²) < 4.78 is 6.41. The Kier molecular flexibility index (Phi) is 7.63. The SMILES string of the molecule is CCCOc1ccc(Br)cc1C(=O)NNC(=O)C(c1ccccc1)c1ccccc1. The van der Waals surface area contributed by atoms with Crippen LogP contribution in [0.15, 0.2) is 83.3 Å². The van der Waals surface area contributed by atoms with Crippen molar-refractivity contribution in [1.82, 2.24) is 10.9 Å². The average Bonchev–Trinajstić information content (AvgIpc) is 2.78. The van der Waals surface area contributed by atoms with E-state index in [0.717, 1.165) is 22.0 Å². The first-order chi connectivity index (χ1) is 14.6. The zero-order valence-corrected chi connectivity index (χ0v) is 18.2. The minimum Gasteiger partial charge on any atom is -0.493 e. The van der Waals surface area contributed by atoms with E-state index in [0.29, 0.717) is 17.9 Å². The molecule has 0 aromatic heterocycles. The summed E-state index contributed by atoms with van der Waals surface area (Å²) in [6, 6.07) is 24.1. The summed E-state index contributed by atoms with van der Waals surface area (Å²) in [7, 11) is 0. The molecule has 0 radical (unpaired) electrons. The van der Waals surface area contributed by atoms with Crippen LogP contribution in [0.2, 0.25) is 0 Å². The van der Waals surface area contributed by atoms with Crippen LogP contribution < -0.4 is 15.6 Å². The van der Waals surface area contributed by atoms with Gasteiger partial charge in [0.05, 0.1) is 18.1 Å². The van der Waals surface area contributed by atoms with Crippen molar-refractivity contribution >= 4 is 27.7 Å². The van der Waals surface area contributed by atoms with Gasteiger partial charge in [-0.05, 0) is 35.7 Å². The van der Waals surface area contributed by atoms with Crippen LogP contribution in [-0.4, -0.2) is 18.4 Å². The molecule has 6 heteroatoms. The Bertz CT molecular complexity index is 954. The molecule has 0 aliphatic rings. The maximum absolute atomic E-state index is 13.0. The number of benzene rings is 3. The predicted molar refractivity (Wildman–Crippen MR) is 120 cm³/mol. The molecule has 0 spiro atoms. The van der Waals surface area contributed by atoms with Gasteiger partial charge in [-0.3, -0.25) is 20.4 Å². The maximum Gasteiger partial charge on any atom is 0.273 e. The van der Waals surface area contributed by atoms with E-state index in [4.69, 9.17) is 4.74 Å². The molecule has 0 aliphatic carbocycles. The Morgan fingerprint density at radius 2 is 1.50 bits per heavy atom. The van der Waals surface area contributed by atoms with Gasteiger partial charge in [-0.2, -0.15) is 0 Å². The van der Waals surface area contributed by atoms with Crippen LogP contribution in [0.3, 0.4) is 0 Å². The Balaban J connectivity index is 1.78. The van der Waals surface area contributed by atoms with Crippen LogP contribution in [0.5, 0.6) is 5.75 Å². The fourth-order valence-electron chi connectivity index (χ4n) is 3.06. The number of halogens is 1. The predicted octanol–water partition coefficient (Wildman–Crippen LogP) is 4.83. The quantitative estimate of drug-likeness (QED) is 0.489. The van der Waals surface area contributed by atoms with E-state index in [9.17, 15) is 9.59 Å². The molecule has 154 valence electrons. The summed E-state index contributed by atoms with van der Waals surface area (Å²) in [6.45, 7) is 2.49. The zero-order valence-electron chi connectivity index (χ0n) is 16.6. The molecular formula is C24H23BrN2O3. The molecule has 30 heavy (non-hydrogen) atoms. The topological polar surface area (TPSA) is 67.4 Å². The molecule has 0 heterocycles. The standard InChI is InChI=1S/C24H23BrN2O3/c1-2-15-30-21-14-13-19(25)16-20(21)23(28)26-27-24(29)22(17-9-5-3-6-10-17)18-11-7-4-8-12-18/h3-14,16,22H,2,15H2,1H3,(H,26,28)(H,27,29). The fourth-order valence-corrected chi connectivity index (χ4v) is 3.42. The number of carbonyl (C=O) groups excluding carboxylic acids is 2. The van der Waals surface area contributed by atoms with Crippen molar-refractivity contribution in [2.75, 3.05) is 6.61 Å². The van der Waals surface area contributed by atoms with Crippen LogP contribution >= 0.6 is 15.9 Å². The molecule has 0 fully saturated rings. The van der Waals surface area contributed by atoms with E-state index in [1.54, 1.807) is 18.2 Å². The number of hydrogen-bond donors (Lipinski definition) is 2.